The average Bonchev–Trinajstić information content (AvgIpc) is 3.00. The van der Waals surface area contributed by atoms with Gasteiger partial charge in [0.25, 0.3) is 0 Å². The van der Waals surface area contributed by atoms with E-state index >= 15 is 0 Å². The smallest absolute Gasteiger partial charge is 0.246 e. The van der Waals surface area contributed by atoms with Gasteiger partial charge in [0.05, 0.1) is 19.1 Å². The normalized spacial score (nSPS) is 13.7. The Kier molecular flexibility index (Phi) is 7.86. The van der Waals surface area contributed by atoms with Crippen LogP contribution in [0.25, 0.3) is 0 Å². The maximum atomic E-state index is 12.3. The number of amides is 3. The lowest BCUT2D eigenvalue weighted by Gasteiger charge is -2.18. The summed E-state index contributed by atoms with van der Waals surface area (Å²) in [6.07, 6.45) is 0.818. The van der Waals surface area contributed by atoms with Gasteiger partial charge in [-0.25, -0.2) is 0 Å². The average molecular weight is 369 g/mol. The van der Waals surface area contributed by atoms with Crippen LogP contribution in [0, 0.1) is 5.92 Å². The summed E-state index contributed by atoms with van der Waals surface area (Å²) in [5, 5.41) is 5.00. The quantitative estimate of drug-likeness (QED) is 0.667. The van der Waals surface area contributed by atoms with Crippen molar-refractivity contribution < 1.29 is 14.4 Å². The molecule has 0 radical (unpaired) electrons. The first kappa shape index (κ1) is 20.9. The minimum atomic E-state index is -0.652. The van der Waals surface area contributed by atoms with Crippen LogP contribution in [-0.4, -0.2) is 43.4 Å². The van der Waals surface area contributed by atoms with E-state index in [0.29, 0.717) is 6.54 Å². The molecule has 7 nitrogen and oxygen atoms in total. The van der Waals surface area contributed by atoms with E-state index in [1.807, 2.05) is 38.1 Å². The number of para-hydroxylation sites is 1. The second-order valence-electron chi connectivity index (χ2n) is 6.19. The first-order valence-corrected chi connectivity index (χ1v) is 8.08. The molecule has 1 aliphatic heterocycles. The van der Waals surface area contributed by atoms with Crippen molar-refractivity contribution in [1.29, 1.82) is 0 Å². The predicted octanol–water partition coefficient (Wildman–Crippen LogP) is 0.213. The first-order chi connectivity index (χ1) is 11.4. The molecular formula is C17H25ClN4O3. The second kappa shape index (κ2) is 9.39. The molecule has 1 atom stereocenters. The van der Waals surface area contributed by atoms with Crippen LogP contribution in [-0.2, 0) is 20.8 Å². The molecule has 0 spiro atoms. The zero-order valence-corrected chi connectivity index (χ0v) is 15.3. The van der Waals surface area contributed by atoms with E-state index in [0.717, 1.165) is 17.7 Å². The molecule has 0 fully saturated rings. The van der Waals surface area contributed by atoms with Gasteiger partial charge >= 0.3 is 0 Å². The molecule has 1 aromatic carbocycles. The van der Waals surface area contributed by atoms with Crippen molar-refractivity contribution >= 4 is 35.8 Å². The highest BCUT2D eigenvalue weighted by molar-refractivity contribution is 5.98. The summed E-state index contributed by atoms with van der Waals surface area (Å²) in [5.74, 6) is -0.969. The molecule has 1 heterocycles. The van der Waals surface area contributed by atoms with Gasteiger partial charge in [0.15, 0.2) is 0 Å². The minimum absolute atomic E-state index is 0. The fourth-order valence-electron chi connectivity index (χ4n) is 2.52. The summed E-state index contributed by atoms with van der Waals surface area (Å²) in [5.41, 5.74) is 7.72. The summed E-state index contributed by atoms with van der Waals surface area (Å²) in [7, 11) is 0. The van der Waals surface area contributed by atoms with E-state index in [4.69, 9.17) is 5.73 Å². The van der Waals surface area contributed by atoms with Crippen molar-refractivity contribution in [3.05, 3.63) is 29.8 Å². The van der Waals surface area contributed by atoms with E-state index in [1.165, 1.54) is 0 Å². The first-order valence-electron chi connectivity index (χ1n) is 8.08. The van der Waals surface area contributed by atoms with E-state index in [-0.39, 0.29) is 43.2 Å². The van der Waals surface area contributed by atoms with Crippen molar-refractivity contribution in [2.24, 2.45) is 11.7 Å². The van der Waals surface area contributed by atoms with Gasteiger partial charge in [-0.15, -0.1) is 12.4 Å². The predicted molar refractivity (Wildman–Crippen MR) is 98.6 cm³/mol. The highest BCUT2D eigenvalue weighted by atomic mass is 35.5. The molecule has 0 bridgehead atoms. The standard InChI is InChI=1S/C17H24N4O3.ClH/c1-11(2)16(18)17(24)20-9-14(22)19-10-15(23)21-8-7-12-5-3-4-6-13(12)21;/h3-6,11,16H,7-10,18H2,1-2H3,(H,19,22)(H,20,24);1H/t16-;/m0./s1. The molecule has 138 valence electrons. The molecule has 0 saturated heterocycles. The Morgan fingerprint density at radius 1 is 1.16 bits per heavy atom. The maximum Gasteiger partial charge on any atom is 0.246 e. The van der Waals surface area contributed by atoms with Gasteiger partial charge in [0, 0.05) is 12.2 Å². The Morgan fingerprint density at radius 3 is 2.52 bits per heavy atom. The van der Waals surface area contributed by atoms with Crippen molar-refractivity contribution in [3.8, 4) is 0 Å². The fourth-order valence-corrected chi connectivity index (χ4v) is 2.52. The Balaban J connectivity index is 0.00000312. The van der Waals surface area contributed by atoms with E-state index in [9.17, 15) is 14.4 Å². The molecule has 8 heteroatoms. The highest BCUT2D eigenvalue weighted by Crippen LogP contribution is 2.27. The lowest BCUT2D eigenvalue weighted by molar-refractivity contribution is -0.128. The van der Waals surface area contributed by atoms with Gasteiger partial charge in [-0.3, -0.25) is 14.4 Å². The van der Waals surface area contributed by atoms with Crippen molar-refractivity contribution in [2.45, 2.75) is 26.3 Å². The Bertz CT molecular complexity index is 636. The third kappa shape index (κ3) is 5.44. The summed E-state index contributed by atoms with van der Waals surface area (Å²) in [6.45, 7) is 3.99. The van der Waals surface area contributed by atoms with Gasteiger partial charge in [0.2, 0.25) is 17.7 Å². The summed E-state index contributed by atoms with van der Waals surface area (Å²) in [4.78, 5) is 37.4. The molecule has 3 amide bonds. The number of benzene rings is 1. The third-order valence-corrected chi connectivity index (χ3v) is 4.07. The molecule has 0 unspecified atom stereocenters. The number of nitrogens with zero attached hydrogens (tertiary/aromatic N) is 1. The topological polar surface area (TPSA) is 105 Å². The zero-order valence-electron chi connectivity index (χ0n) is 14.5. The molecule has 0 aliphatic carbocycles. The van der Waals surface area contributed by atoms with Gasteiger partial charge in [-0.1, -0.05) is 32.0 Å². The zero-order chi connectivity index (χ0) is 17.7. The van der Waals surface area contributed by atoms with Gasteiger partial charge in [-0.05, 0) is 24.0 Å². The summed E-state index contributed by atoms with van der Waals surface area (Å²) in [6, 6.07) is 7.07. The van der Waals surface area contributed by atoms with Crippen LogP contribution in [0.5, 0.6) is 0 Å². The van der Waals surface area contributed by atoms with Crippen molar-refractivity contribution in [2.75, 3.05) is 24.5 Å². The Morgan fingerprint density at radius 2 is 1.84 bits per heavy atom. The number of halogens is 1. The SMILES string of the molecule is CC(C)[C@H](N)C(=O)NCC(=O)NCC(=O)N1CCc2ccccc21.Cl. The number of hydrogen-bond donors (Lipinski definition) is 3. The Hall–Kier alpha value is -2.12. The summed E-state index contributed by atoms with van der Waals surface area (Å²) >= 11 is 0. The molecule has 25 heavy (non-hydrogen) atoms. The molecule has 2 rings (SSSR count). The number of hydrogen-bond acceptors (Lipinski definition) is 4. The summed E-state index contributed by atoms with van der Waals surface area (Å²) < 4.78 is 0. The number of nitrogens with two attached hydrogens (primary N) is 1. The van der Waals surface area contributed by atoms with Crippen LogP contribution in [0.3, 0.4) is 0 Å². The van der Waals surface area contributed by atoms with Gasteiger partial charge < -0.3 is 21.3 Å². The van der Waals surface area contributed by atoms with Crippen LogP contribution in [0.15, 0.2) is 24.3 Å². The second-order valence-corrected chi connectivity index (χ2v) is 6.19. The van der Waals surface area contributed by atoms with Crippen LogP contribution in [0.4, 0.5) is 5.69 Å². The number of carbonyl (C=O) groups is 3. The van der Waals surface area contributed by atoms with Gasteiger partial charge in [0.1, 0.15) is 0 Å². The van der Waals surface area contributed by atoms with Crippen LogP contribution >= 0.6 is 12.4 Å². The molecule has 4 N–H and O–H groups in total. The monoisotopic (exact) mass is 368 g/mol. The van der Waals surface area contributed by atoms with Crippen LogP contribution < -0.4 is 21.3 Å². The number of nitrogens with one attached hydrogen (secondary N) is 2. The molecule has 1 aromatic rings. The number of fused-ring (bicyclic) bond motifs is 1. The largest absolute Gasteiger partial charge is 0.346 e. The van der Waals surface area contributed by atoms with Crippen LogP contribution in [0.2, 0.25) is 0 Å². The maximum absolute atomic E-state index is 12.3. The molecule has 1 aliphatic rings. The fraction of sp³-hybridized carbons (Fsp3) is 0.471. The van der Waals surface area contributed by atoms with Crippen molar-refractivity contribution in [1.82, 2.24) is 10.6 Å². The molecular weight excluding hydrogens is 344 g/mol. The van der Waals surface area contributed by atoms with Gasteiger partial charge in [-0.2, -0.15) is 0 Å². The van der Waals surface area contributed by atoms with Crippen molar-refractivity contribution in [3.63, 3.8) is 0 Å². The van der Waals surface area contributed by atoms with Crippen LogP contribution in [0.1, 0.15) is 19.4 Å². The van der Waals surface area contributed by atoms with E-state index in [1.54, 1.807) is 4.90 Å². The minimum Gasteiger partial charge on any atom is -0.346 e. The number of anilines is 1. The highest BCUT2D eigenvalue weighted by Gasteiger charge is 2.24. The van der Waals surface area contributed by atoms with E-state index < -0.39 is 11.9 Å². The third-order valence-electron chi connectivity index (χ3n) is 4.07. The lowest BCUT2D eigenvalue weighted by atomic mass is 10.1. The number of rotatable bonds is 6. The number of carbonyl (C=O) groups excluding carboxylic acids is 3. The molecule has 0 aromatic heterocycles. The Labute approximate surface area is 153 Å². The lowest BCUT2D eigenvalue weighted by Crippen LogP contribution is -2.48. The molecule has 0 saturated carbocycles. The van der Waals surface area contributed by atoms with E-state index in [2.05, 4.69) is 10.6 Å².